The maximum atomic E-state index is 10.6. The molecule has 0 bridgehead atoms. The van der Waals surface area contributed by atoms with Crippen LogP contribution in [0.15, 0.2) is 22.7 Å². The van der Waals surface area contributed by atoms with Gasteiger partial charge in [-0.15, -0.1) is 0 Å². The molecule has 25 heavy (non-hydrogen) atoms. The minimum Gasteiger partial charge on any atom is -0.486 e. The number of rotatable bonds is 4. The lowest BCUT2D eigenvalue weighted by molar-refractivity contribution is 0.0904. The first-order valence-electron chi connectivity index (χ1n) is 8.79. The van der Waals surface area contributed by atoms with Gasteiger partial charge < -0.3 is 19.1 Å². The van der Waals surface area contributed by atoms with E-state index in [2.05, 4.69) is 15.0 Å². The monoisotopic (exact) mass is 345 g/mol. The maximum absolute atomic E-state index is 10.6. The van der Waals surface area contributed by atoms with Crippen LogP contribution in [0.5, 0.6) is 11.5 Å². The summed E-state index contributed by atoms with van der Waals surface area (Å²) < 4.78 is 16.5. The van der Waals surface area contributed by atoms with Gasteiger partial charge in [-0.3, -0.25) is 4.90 Å². The Morgan fingerprint density at radius 2 is 2.12 bits per heavy atom. The summed E-state index contributed by atoms with van der Waals surface area (Å²) in [4.78, 5) is 6.62. The van der Waals surface area contributed by atoms with Crippen molar-refractivity contribution in [3.05, 3.63) is 35.5 Å². The van der Waals surface area contributed by atoms with Crippen LogP contribution in [0.2, 0.25) is 0 Å². The molecule has 1 aromatic heterocycles. The van der Waals surface area contributed by atoms with Crippen LogP contribution in [0.25, 0.3) is 0 Å². The first-order valence-corrected chi connectivity index (χ1v) is 8.79. The molecule has 2 unspecified atom stereocenters. The second kappa shape index (κ2) is 7.01. The highest BCUT2D eigenvalue weighted by Crippen LogP contribution is 2.33. The molecular formula is C18H23N3O4. The summed E-state index contributed by atoms with van der Waals surface area (Å²) in [6.07, 6.45) is 1.53. The summed E-state index contributed by atoms with van der Waals surface area (Å²) in [7, 11) is 0. The Kier molecular flexibility index (Phi) is 4.59. The summed E-state index contributed by atoms with van der Waals surface area (Å²) in [6.45, 7) is 5.31. The predicted molar refractivity (Wildman–Crippen MR) is 89.8 cm³/mol. The lowest BCUT2D eigenvalue weighted by Gasteiger charge is -2.32. The lowest BCUT2D eigenvalue weighted by atomic mass is 9.97. The SMILES string of the molecule is Cc1noc(C2CCCN(CC(O)c3ccc4c(c3)OCCO4)C2)n1. The molecule has 2 atom stereocenters. The molecule has 1 saturated heterocycles. The Labute approximate surface area is 146 Å². The molecule has 0 spiro atoms. The van der Waals surface area contributed by atoms with Crippen LogP contribution in [-0.2, 0) is 0 Å². The van der Waals surface area contributed by atoms with Crippen LogP contribution in [-0.4, -0.2) is 53.0 Å². The van der Waals surface area contributed by atoms with Gasteiger partial charge in [0.2, 0.25) is 5.89 Å². The highest BCUT2D eigenvalue weighted by molar-refractivity contribution is 5.44. The molecule has 7 nitrogen and oxygen atoms in total. The molecule has 4 rings (SSSR count). The third-order valence-corrected chi connectivity index (χ3v) is 4.78. The van der Waals surface area contributed by atoms with Gasteiger partial charge in [-0.1, -0.05) is 11.2 Å². The van der Waals surface area contributed by atoms with Gasteiger partial charge in [0.25, 0.3) is 0 Å². The van der Waals surface area contributed by atoms with Gasteiger partial charge >= 0.3 is 0 Å². The number of benzene rings is 1. The molecule has 2 aromatic rings. The minimum atomic E-state index is -0.570. The molecule has 2 aliphatic heterocycles. The fraction of sp³-hybridized carbons (Fsp3) is 0.556. The number of likely N-dealkylation sites (tertiary alicyclic amines) is 1. The van der Waals surface area contributed by atoms with Crippen LogP contribution in [0.1, 0.15) is 42.1 Å². The third kappa shape index (κ3) is 3.62. The number of aromatic nitrogens is 2. The Morgan fingerprint density at radius 3 is 2.92 bits per heavy atom. The van der Waals surface area contributed by atoms with E-state index >= 15 is 0 Å². The third-order valence-electron chi connectivity index (χ3n) is 4.78. The molecule has 0 amide bonds. The summed E-state index contributed by atoms with van der Waals surface area (Å²) >= 11 is 0. The van der Waals surface area contributed by atoms with Gasteiger partial charge in [0, 0.05) is 13.1 Å². The average Bonchev–Trinajstić information content (AvgIpc) is 3.08. The molecule has 1 N–H and O–H groups in total. The Morgan fingerprint density at radius 1 is 1.28 bits per heavy atom. The van der Waals surface area contributed by atoms with E-state index in [-0.39, 0.29) is 5.92 Å². The van der Waals surface area contributed by atoms with E-state index in [0.717, 1.165) is 37.2 Å². The van der Waals surface area contributed by atoms with Crippen LogP contribution >= 0.6 is 0 Å². The van der Waals surface area contributed by atoms with Crippen molar-refractivity contribution in [2.24, 2.45) is 0 Å². The second-order valence-electron chi connectivity index (χ2n) is 6.70. The first-order chi connectivity index (χ1) is 12.2. The van der Waals surface area contributed by atoms with Crippen molar-refractivity contribution in [2.75, 3.05) is 32.8 Å². The Bertz CT molecular complexity index is 733. The molecule has 0 saturated carbocycles. The van der Waals surface area contributed by atoms with Gasteiger partial charge in [0.1, 0.15) is 13.2 Å². The normalized spacial score (nSPS) is 21.9. The number of aryl methyl sites for hydroxylation is 1. The topological polar surface area (TPSA) is 80.9 Å². The van der Waals surface area contributed by atoms with Crippen molar-refractivity contribution in [2.45, 2.75) is 31.8 Å². The summed E-state index contributed by atoms with van der Waals surface area (Å²) in [5, 5.41) is 14.5. The van der Waals surface area contributed by atoms with Crippen molar-refractivity contribution in [3.8, 4) is 11.5 Å². The lowest BCUT2D eigenvalue weighted by Crippen LogP contribution is -2.37. The zero-order valence-corrected chi connectivity index (χ0v) is 14.4. The van der Waals surface area contributed by atoms with E-state index in [9.17, 15) is 5.11 Å². The van der Waals surface area contributed by atoms with Gasteiger partial charge in [0.15, 0.2) is 17.3 Å². The van der Waals surface area contributed by atoms with Crippen molar-refractivity contribution in [1.82, 2.24) is 15.0 Å². The standard InChI is InChI=1S/C18H23N3O4/c1-12-19-18(25-20-12)14-3-2-6-21(10-14)11-15(22)13-4-5-16-17(9-13)24-8-7-23-16/h4-5,9,14-15,22H,2-3,6-8,10-11H2,1H3. The van der Waals surface area contributed by atoms with E-state index in [1.807, 2.05) is 25.1 Å². The average molecular weight is 345 g/mol. The number of ether oxygens (including phenoxy) is 2. The van der Waals surface area contributed by atoms with E-state index in [1.165, 1.54) is 0 Å². The van der Waals surface area contributed by atoms with Crippen molar-refractivity contribution < 1.29 is 19.1 Å². The van der Waals surface area contributed by atoms with Gasteiger partial charge in [0.05, 0.1) is 12.0 Å². The molecular weight excluding hydrogens is 322 g/mol. The molecule has 7 heteroatoms. The first kappa shape index (κ1) is 16.4. The molecule has 134 valence electrons. The predicted octanol–water partition coefficient (Wildman–Crippen LogP) is 2.06. The smallest absolute Gasteiger partial charge is 0.231 e. The summed E-state index contributed by atoms with van der Waals surface area (Å²) in [5.41, 5.74) is 0.847. The van der Waals surface area contributed by atoms with Crippen molar-refractivity contribution in [1.29, 1.82) is 0 Å². The number of aliphatic hydroxyl groups excluding tert-OH is 1. The van der Waals surface area contributed by atoms with Crippen molar-refractivity contribution in [3.63, 3.8) is 0 Å². The molecule has 3 heterocycles. The van der Waals surface area contributed by atoms with E-state index in [4.69, 9.17) is 14.0 Å². The zero-order valence-electron chi connectivity index (χ0n) is 14.4. The Hall–Kier alpha value is -2.12. The van der Waals surface area contributed by atoms with E-state index < -0.39 is 6.10 Å². The second-order valence-corrected chi connectivity index (χ2v) is 6.70. The number of aliphatic hydroxyl groups is 1. The van der Waals surface area contributed by atoms with Crippen LogP contribution in [0, 0.1) is 6.92 Å². The van der Waals surface area contributed by atoms with Crippen molar-refractivity contribution >= 4 is 0 Å². The summed E-state index contributed by atoms with van der Waals surface area (Å²) in [6, 6.07) is 5.65. The quantitative estimate of drug-likeness (QED) is 0.908. The number of fused-ring (bicyclic) bond motifs is 1. The molecule has 0 radical (unpaired) electrons. The molecule has 1 fully saturated rings. The fourth-order valence-corrected chi connectivity index (χ4v) is 3.52. The molecule has 1 aromatic carbocycles. The largest absolute Gasteiger partial charge is 0.486 e. The van der Waals surface area contributed by atoms with Gasteiger partial charge in [-0.05, 0) is 44.0 Å². The highest BCUT2D eigenvalue weighted by atomic mass is 16.6. The highest BCUT2D eigenvalue weighted by Gasteiger charge is 2.27. The molecule has 2 aliphatic rings. The number of hydrogen-bond donors (Lipinski definition) is 1. The van der Waals surface area contributed by atoms with Crippen LogP contribution in [0.4, 0.5) is 0 Å². The number of hydrogen-bond acceptors (Lipinski definition) is 7. The fourth-order valence-electron chi connectivity index (χ4n) is 3.52. The maximum Gasteiger partial charge on any atom is 0.231 e. The molecule has 0 aliphatic carbocycles. The summed E-state index contributed by atoms with van der Waals surface area (Å²) in [5.74, 6) is 3.06. The Balaban J connectivity index is 1.41. The minimum absolute atomic E-state index is 0.238. The number of nitrogens with zero attached hydrogens (tertiary/aromatic N) is 3. The van der Waals surface area contributed by atoms with E-state index in [0.29, 0.717) is 37.2 Å². The van der Waals surface area contributed by atoms with E-state index in [1.54, 1.807) is 0 Å². The van der Waals surface area contributed by atoms with Crippen LogP contribution in [0.3, 0.4) is 0 Å². The number of piperidine rings is 1. The van der Waals surface area contributed by atoms with Gasteiger partial charge in [-0.2, -0.15) is 4.98 Å². The number of β-amino-alcohol motifs (C(OH)–C–C–N with tert-alkyl or cyclic N) is 1. The van der Waals surface area contributed by atoms with Crippen LogP contribution < -0.4 is 9.47 Å². The zero-order chi connectivity index (χ0) is 17.2. The van der Waals surface area contributed by atoms with Gasteiger partial charge in [-0.25, -0.2) is 0 Å².